The maximum absolute atomic E-state index is 10.9. The van der Waals surface area contributed by atoms with Gasteiger partial charge in [0.05, 0.1) is 7.11 Å². The number of rotatable bonds is 5. The van der Waals surface area contributed by atoms with Crippen molar-refractivity contribution >= 4 is 45.8 Å². The van der Waals surface area contributed by atoms with Gasteiger partial charge in [-0.05, 0) is 47.2 Å². The zero-order valence-corrected chi connectivity index (χ0v) is 11.8. The van der Waals surface area contributed by atoms with E-state index in [9.17, 15) is 4.79 Å². The average Bonchev–Trinajstić information content (AvgIpc) is 2.26. The molecule has 0 bridgehead atoms. The highest BCUT2D eigenvalue weighted by molar-refractivity contribution is 14.1. The van der Waals surface area contributed by atoms with Gasteiger partial charge in [-0.25, -0.2) is 0 Å². The zero-order valence-electron chi connectivity index (χ0n) is 8.93. The van der Waals surface area contributed by atoms with Crippen LogP contribution < -0.4 is 5.32 Å². The number of esters is 1. The number of methoxy groups -OCH3 is 1. The molecule has 1 aromatic carbocycles. The summed E-state index contributed by atoms with van der Waals surface area (Å²) in [6.45, 7) is 0.743. The highest BCUT2D eigenvalue weighted by Gasteiger charge is 2.01. The Morgan fingerprint density at radius 2 is 2.31 bits per heavy atom. The molecule has 0 saturated carbocycles. The lowest BCUT2D eigenvalue weighted by atomic mass is 10.3. The fourth-order valence-electron chi connectivity index (χ4n) is 1.19. The lowest BCUT2D eigenvalue weighted by Crippen LogP contribution is -2.07. The van der Waals surface area contributed by atoms with E-state index in [0.29, 0.717) is 6.42 Å². The van der Waals surface area contributed by atoms with Crippen LogP contribution in [0.15, 0.2) is 18.2 Å². The van der Waals surface area contributed by atoms with Crippen LogP contribution in [0.1, 0.15) is 12.8 Å². The Bertz CT molecular complexity index is 371. The third-order valence-electron chi connectivity index (χ3n) is 2.03. The van der Waals surface area contributed by atoms with E-state index < -0.39 is 0 Å². The van der Waals surface area contributed by atoms with Gasteiger partial charge in [0.1, 0.15) is 0 Å². The number of halogens is 2. The second-order valence-electron chi connectivity index (χ2n) is 3.23. The molecular weight excluding hydrogens is 340 g/mol. The van der Waals surface area contributed by atoms with Crippen LogP contribution in [0.2, 0.25) is 5.02 Å². The summed E-state index contributed by atoms with van der Waals surface area (Å²) in [5, 5.41) is 3.97. The van der Waals surface area contributed by atoms with Crippen LogP contribution in [0.25, 0.3) is 0 Å². The Hall–Kier alpha value is -0.490. The van der Waals surface area contributed by atoms with E-state index in [1.165, 1.54) is 7.11 Å². The third kappa shape index (κ3) is 4.57. The van der Waals surface area contributed by atoms with Crippen LogP contribution in [-0.4, -0.2) is 19.6 Å². The second kappa shape index (κ2) is 6.96. The molecule has 1 aromatic rings. The van der Waals surface area contributed by atoms with Crippen molar-refractivity contribution in [3.8, 4) is 0 Å². The molecule has 0 radical (unpaired) electrons. The summed E-state index contributed by atoms with van der Waals surface area (Å²) in [6.07, 6.45) is 1.19. The number of ether oxygens (including phenoxy) is 1. The van der Waals surface area contributed by atoms with Gasteiger partial charge in [-0.15, -0.1) is 0 Å². The molecule has 5 heteroatoms. The predicted molar refractivity (Wildman–Crippen MR) is 73.9 cm³/mol. The summed E-state index contributed by atoms with van der Waals surface area (Å²) < 4.78 is 5.63. The van der Waals surface area contributed by atoms with Crippen molar-refractivity contribution in [3.05, 3.63) is 26.8 Å². The Balaban J connectivity index is 2.35. The first-order valence-electron chi connectivity index (χ1n) is 4.89. The van der Waals surface area contributed by atoms with Gasteiger partial charge in [-0.3, -0.25) is 4.79 Å². The lowest BCUT2D eigenvalue weighted by molar-refractivity contribution is -0.140. The Morgan fingerprint density at radius 3 is 2.94 bits per heavy atom. The lowest BCUT2D eigenvalue weighted by Gasteiger charge is -2.08. The highest BCUT2D eigenvalue weighted by Crippen LogP contribution is 2.22. The van der Waals surface area contributed by atoms with Crippen LogP contribution in [0, 0.1) is 3.57 Å². The number of hydrogen-bond acceptors (Lipinski definition) is 3. The van der Waals surface area contributed by atoms with Crippen LogP contribution in [-0.2, 0) is 9.53 Å². The van der Waals surface area contributed by atoms with Gasteiger partial charge in [0.2, 0.25) is 0 Å². The molecule has 0 aromatic heterocycles. The number of benzene rings is 1. The summed E-state index contributed by atoms with van der Waals surface area (Å²) in [7, 11) is 1.40. The van der Waals surface area contributed by atoms with Crippen molar-refractivity contribution in [3.63, 3.8) is 0 Å². The first-order valence-corrected chi connectivity index (χ1v) is 6.35. The molecule has 0 aliphatic heterocycles. The molecule has 0 fully saturated rings. The zero-order chi connectivity index (χ0) is 12.0. The minimum atomic E-state index is -0.174. The standard InChI is InChI=1S/C11H13ClINO2/c1-16-11(15)3-2-6-14-10-5-4-8(12)7-9(10)13/h4-5,7,14H,2-3,6H2,1H3. The molecule has 1 N–H and O–H groups in total. The fourth-order valence-corrected chi connectivity index (χ4v) is 2.25. The van der Waals surface area contributed by atoms with Gasteiger partial charge in [0.15, 0.2) is 0 Å². The van der Waals surface area contributed by atoms with E-state index in [2.05, 4.69) is 32.6 Å². The quantitative estimate of drug-likeness (QED) is 0.501. The average molecular weight is 354 g/mol. The van der Waals surface area contributed by atoms with Crippen molar-refractivity contribution in [2.75, 3.05) is 19.0 Å². The number of carbonyl (C=O) groups excluding carboxylic acids is 1. The maximum Gasteiger partial charge on any atom is 0.305 e. The van der Waals surface area contributed by atoms with E-state index in [4.69, 9.17) is 11.6 Å². The minimum Gasteiger partial charge on any atom is -0.469 e. The fraction of sp³-hybridized carbons (Fsp3) is 0.364. The van der Waals surface area contributed by atoms with Gasteiger partial charge >= 0.3 is 5.97 Å². The second-order valence-corrected chi connectivity index (χ2v) is 4.83. The number of anilines is 1. The Morgan fingerprint density at radius 1 is 1.56 bits per heavy atom. The molecule has 0 aliphatic carbocycles. The molecule has 0 spiro atoms. The molecule has 88 valence electrons. The molecule has 0 atom stereocenters. The highest BCUT2D eigenvalue weighted by atomic mass is 127. The Labute approximate surface area is 114 Å². The topological polar surface area (TPSA) is 38.3 Å². The summed E-state index contributed by atoms with van der Waals surface area (Å²) in [5.41, 5.74) is 1.04. The largest absolute Gasteiger partial charge is 0.469 e. The summed E-state index contributed by atoms with van der Waals surface area (Å²) in [4.78, 5) is 10.9. The monoisotopic (exact) mass is 353 g/mol. The van der Waals surface area contributed by atoms with E-state index in [1.807, 2.05) is 18.2 Å². The minimum absolute atomic E-state index is 0.174. The number of carbonyl (C=O) groups is 1. The van der Waals surface area contributed by atoms with Crippen molar-refractivity contribution in [1.29, 1.82) is 0 Å². The smallest absolute Gasteiger partial charge is 0.305 e. The summed E-state index contributed by atoms with van der Waals surface area (Å²) in [6, 6.07) is 5.67. The molecule has 0 amide bonds. The van der Waals surface area contributed by atoms with E-state index in [1.54, 1.807) is 0 Å². The molecular formula is C11H13ClINO2. The van der Waals surface area contributed by atoms with Crippen molar-refractivity contribution in [1.82, 2.24) is 0 Å². The van der Waals surface area contributed by atoms with Crippen LogP contribution in [0.5, 0.6) is 0 Å². The first-order chi connectivity index (χ1) is 7.63. The van der Waals surface area contributed by atoms with Crippen molar-refractivity contribution in [2.45, 2.75) is 12.8 Å². The van der Waals surface area contributed by atoms with Crippen LogP contribution in [0.3, 0.4) is 0 Å². The van der Waals surface area contributed by atoms with Crippen molar-refractivity contribution < 1.29 is 9.53 Å². The molecule has 0 heterocycles. The molecule has 0 unspecified atom stereocenters. The first kappa shape index (κ1) is 13.6. The van der Waals surface area contributed by atoms with Gasteiger partial charge in [0.25, 0.3) is 0 Å². The number of nitrogens with one attached hydrogen (secondary N) is 1. The van der Waals surface area contributed by atoms with E-state index in [-0.39, 0.29) is 5.97 Å². The third-order valence-corrected chi connectivity index (χ3v) is 3.16. The van der Waals surface area contributed by atoms with E-state index >= 15 is 0 Å². The normalized spacial score (nSPS) is 9.94. The molecule has 0 aliphatic rings. The molecule has 16 heavy (non-hydrogen) atoms. The predicted octanol–water partition coefficient (Wildman–Crippen LogP) is 3.31. The molecule has 3 nitrogen and oxygen atoms in total. The maximum atomic E-state index is 10.9. The van der Waals surface area contributed by atoms with Gasteiger partial charge in [0, 0.05) is 27.2 Å². The van der Waals surface area contributed by atoms with Gasteiger partial charge in [-0.1, -0.05) is 11.6 Å². The molecule has 1 rings (SSSR count). The van der Waals surface area contributed by atoms with Crippen molar-refractivity contribution in [2.24, 2.45) is 0 Å². The number of hydrogen-bond donors (Lipinski definition) is 1. The SMILES string of the molecule is COC(=O)CCCNc1ccc(Cl)cc1I. The van der Waals surface area contributed by atoms with Gasteiger partial charge in [-0.2, -0.15) is 0 Å². The summed E-state index contributed by atoms with van der Waals surface area (Å²) in [5.74, 6) is -0.174. The Kier molecular flexibility index (Phi) is 5.90. The summed E-state index contributed by atoms with van der Waals surface area (Å²) >= 11 is 8.06. The van der Waals surface area contributed by atoms with Gasteiger partial charge < -0.3 is 10.1 Å². The molecule has 0 saturated heterocycles. The van der Waals surface area contributed by atoms with Crippen LogP contribution >= 0.6 is 34.2 Å². The van der Waals surface area contributed by atoms with Crippen LogP contribution in [0.4, 0.5) is 5.69 Å². The van der Waals surface area contributed by atoms with E-state index in [0.717, 1.165) is 27.2 Å².